The number of hydrogen-bond acceptors (Lipinski definition) is 6. The number of aliphatic carboxylic acids is 1. The summed E-state index contributed by atoms with van der Waals surface area (Å²) in [6.45, 7) is 4.70. The fourth-order valence-electron chi connectivity index (χ4n) is 4.44. The van der Waals surface area contributed by atoms with Crippen molar-refractivity contribution < 1.29 is 54.2 Å². The van der Waals surface area contributed by atoms with Gasteiger partial charge in [0, 0.05) is 37.8 Å². The zero-order chi connectivity index (χ0) is 33.8. The standard InChI is InChI=1S/C25H31F6N5O.C2HF3O2/c1-14-13-32-22(34-20(14)36(4)5)33-19-8-6-15(7-9-19)21(37)35-23(2,3)16-10-17(24(26,27)28)12-18(11-16)25(29,30)31;3-2(4,5)1(6)7/h10-13,15,19H,6-9H2,1-5H3,(H,35,37)(H,32,33,34);(H,6,7). The maximum atomic E-state index is 13.3. The Morgan fingerprint density at radius 3 is 1.73 bits per heavy atom. The first kappa shape index (κ1) is 36.4. The average molecular weight is 646 g/mol. The molecule has 2 aromatic rings. The van der Waals surface area contributed by atoms with Crippen LogP contribution in [0.3, 0.4) is 0 Å². The second kappa shape index (κ2) is 13.5. The van der Waals surface area contributed by atoms with Gasteiger partial charge in [-0.1, -0.05) is 0 Å². The van der Waals surface area contributed by atoms with Crippen LogP contribution in [0.4, 0.5) is 51.3 Å². The van der Waals surface area contributed by atoms with Crippen LogP contribution in [0.15, 0.2) is 24.4 Å². The number of benzene rings is 1. The molecule has 3 N–H and O–H groups in total. The van der Waals surface area contributed by atoms with E-state index < -0.39 is 53.0 Å². The van der Waals surface area contributed by atoms with Crippen molar-refractivity contribution in [3.8, 4) is 0 Å². The van der Waals surface area contributed by atoms with Crippen LogP contribution in [-0.2, 0) is 27.5 Å². The number of carboxylic acids is 1. The van der Waals surface area contributed by atoms with Gasteiger partial charge in [0.05, 0.1) is 16.7 Å². The van der Waals surface area contributed by atoms with Gasteiger partial charge in [-0.25, -0.2) is 9.78 Å². The summed E-state index contributed by atoms with van der Waals surface area (Å²) in [6.07, 6.45) is -11.0. The summed E-state index contributed by atoms with van der Waals surface area (Å²) in [5.41, 5.74) is -3.62. The second-order valence-electron chi connectivity index (χ2n) is 11.0. The summed E-state index contributed by atoms with van der Waals surface area (Å²) in [5, 5.41) is 13.1. The van der Waals surface area contributed by atoms with E-state index >= 15 is 0 Å². The third-order valence-corrected chi connectivity index (χ3v) is 6.79. The Morgan fingerprint density at radius 1 is 0.864 bits per heavy atom. The summed E-state index contributed by atoms with van der Waals surface area (Å²) in [7, 11) is 3.77. The van der Waals surface area contributed by atoms with Crippen LogP contribution in [0, 0.1) is 12.8 Å². The summed E-state index contributed by atoms with van der Waals surface area (Å²) < 4.78 is 111. The van der Waals surface area contributed by atoms with Crippen molar-refractivity contribution in [3.05, 3.63) is 46.6 Å². The number of carboxylic acid groups (broad SMARTS) is 1. The third-order valence-electron chi connectivity index (χ3n) is 6.79. The van der Waals surface area contributed by atoms with Crippen molar-refractivity contribution in [2.75, 3.05) is 24.3 Å². The van der Waals surface area contributed by atoms with Crippen LogP contribution in [0.2, 0.25) is 0 Å². The summed E-state index contributed by atoms with van der Waals surface area (Å²) >= 11 is 0. The van der Waals surface area contributed by atoms with E-state index in [1.807, 2.05) is 25.9 Å². The Bertz CT molecular complexity index is 1290. The number of aromatic nitrogens is 2. The highest BCUT2D eigenvalue weighted by molar-refractivity contribution is 5.79. The highest BCUT2D eigenvalue weighted by Crippen LogP contribution is 2.39. The van der Waals surface area contributed by atoms with E-state index in [2.05, 4.69) is 20.6 Å². The molecule has 1 saturated carbocycles. The molecule has 44 heavy (non-hydrogen) atoms. The van der Waals surface area contributed by atoms with Gasteiger partial charge in [-0.2, -0.15) is 44.5 Å². The minimum absolute atomic E-state index is 0.0348. The Morgan fingerprint density at radius 2 is 1.32 bits per heavy atom. The minimum atomic E-state index is -5.08. The predicted octanol–water partition coefficient (Wildman–Crippen LogP) is 6.54. The molecule has 8 nitrogen and oxygen atoms in total. The van der Waals surface area contributed by atoms with Crippen LogP contribution in [0.5, 0.6) is 0 Å². The fraction of sp³-hybridized carbons (Fsp3) is 0.556. The Balaban J connectivity index is 0.000000860. The fourth-order valence-corrected chi connectivity index (χ4v) is 4.44. The van der Waals surface area contributed by atoms with Crippen LogP contribution >= 0.6 is 0 Å². The molecule has 1 aromatic carbocycles. The van der Waals surface area contributed by atoms with Gasteiger partial charge >= 0.3 is 24.5 Å². The molecular formula is C27H32F9N5O3. The Labute approximate surface area is 247 Å². The van der Waals surface area contributed by atoms with Crippen molar-refractivity contribution in [1.29, 1.82) is 0 Å². The van der Waals surface area contributed by atoms with Gasteiger partial charge in [0.15, 0.2) is 0 Å². The van der Waals surface area contributed by atoms with Crippen LogP contribution in [0.1, 0.15) is 61.8 Å². The molecule has 0 bridgehead atoms. The van der Waals surface area contributed by atoms with Gasteiger partial charge in [0.2, 0.25) is 11.9 Å². The van der Waals surface area contributed by atoms with E-state index in [1.165, 1.54) is 13.8 Å². The molecule has 0 radical (unpaired) electrons. The van der Waals surface area contributed by atoms with Crippen molar-refractivity contribution in [2.45, 2.75) is 76.6 Å². The monoisotopic (exact) mass is 645 g/mol. The molecule has 0 aliphatic heterocycles. The highest BCUT2D eigenvalue weighted by Gasteiger charge is 2.40. The lowest BCUT2D eigenvalue weighted by atomic mass is 9.84. The van der Waals surface area contributed by atoms with Gasteiger partial charge in [-0.3, -0.25) is 4.79 Å². The van der Waals surface area contributed by atoms with E-state index in [9.17, 15) is 44.3 Å². The molecule has 1 fully saturated rings. The van der Waals surface area contributed by atoms with Crippen molar-refractivity contribution >= 4 is 23.6 Å². The second-order valence-corrected chi connectivity index (χ2v) is 11.0. The lowest BCUT2D eigenvalue weighted by Gasteiger charge is -2.33. The van der Waals surface area contributed by atoms with Crippen LogP contribution < -0.4 is 15.5 Å². The SMILES string of the molecule is Cc1cnc(NC2CCC(C(=O)NC(C)(C)c3cc(C(F)(F)F)cc(C(F)(F)F)c3)CC2)nc1N(C)C.O=C(O)C(F)(F)F. The number of nitrogens with zero attached hydrogens (tertiary/aromatic N) is 3. The van der Waals surface area contributed by atoms with Crippen LogP contribution in [0.25, 0.3) is 0 Å². The Hall–Kier alpha value is -3.79. The van der Waals surface area contributed by atoms with Gasteiger partial charge in [-0.05, 0) is 70.2 Å². The molecule has 0 unspecified atom stereocenters. The molecule has 246 valence electrons. The summed E-state index contributed by atoms with van der Waals surface area (Å²) in [5.74, 6) is -2.31. The molecule has 1 amide bonds. The first-order chi connectivity index (χ1) is 19.9. The van der Waals surface area contributed by atoms with Gasteiger partial charge in [0.1, 0.15) is 5.82 Å². The number of carbonyl (C=O) groups excluding carboxylic acids is 1. The number of halogens is 9. The minimum Gasteiger partial charge on any atom is -0.475 e. The highest BCUT2D eigenvalue weighted by atomic mass is 19.4. The molecule has 1 heterocycles. The number of hydrogen-bond donors (Lipinski definition) is 3. The van der Waals surface area contributed by atoms with Crippen molar-refractivity contribution in [1.82, 2.24) is 15.3 Å². The number of nitrogens with one attached hydrogen (secondary N) is 2. The molecule has 17 heteroatoms. The topological polar surface area (TPSA) is 107 Å². The quantitative estimate of drug-likeness (QED) is 0.306. The smallest absolute Gasteiger partial charge is 0.475 e. The normalized spacial score (nSPS) is 17.7. The van der Waals surface area contributed by atoms with Crippen LogP contribution in [-0.4, -0.2) is 53.3 Å². The molecule has 1 aliphatic carbocycles. The number of alkyl halides is 9. The largest absolute Gasteiger partial charge is 0.490 e. The Kier molecular flexibility index (Phi) is 11.1. The van der Waals surface area contributed by atoms with Crippen molar-refractivity contribution in [2.24, 2.45) is 5.92 Å². The molecule has 1 aromatic heterocycles. The lowest BCUT2D eigenvalue weighted by Crippen LogP contribution is -2.45. The van der Waals surface area contributed by atoms with E-state index in [4.69, 9.17) is 9.90 Å². The maximum absolute atomic E-state index is 13.3. The first-order valence-electron chi connectivity index (χ1n) is 13.1. The van der Waals surface area contributed by atoms with E-state index in [0.717, 1.165) is 11.4 Å². The molecule has 0 spiro atoms. The number of aryl methyl sites for hydroxylation is 1. The lowest BCUT2D eigenvalue weighted by molar-refractivity contribution is -0.192. The molecule has 0 atom stereocenters. The first-order valence-corrected chi connectivity index (χ1v) is 13.1. The molecule has 1 aliphatic rings. The van der Waals surface area contributed by atoms with Gasteiger partial charge in [-0.15, -0.1) is 0 Å². The predicted molar refractivity (Wildman–Crippen MR) is 142 cm³/mol. The number of rotatable bonds is 6. The summed E-state index contributed by atoms with van der Waals surface area (Å²) in [6, 6.07) is 1.42. The maximum Gasteiger partial charge on any atom is 0.490 e. The molecule has 0 saturated heterocycles. The average Bonchev–Trinajstić information content (AvgIpc) is 2.88. The zero-order valence-electron chi connectivity index (χ0n) is 24.3. The van der Waals surface area contributed by atoms with Gasteiger partial charge < -0.3 is 20.6 Å². The number of carbonyl (C=O) groups is 2. The number of anilines is 2. The zero-order valence-corrected chi connectivity index (χ0v) is 24.3. The third kappa shape index (κ3) is 10.1. The summed E-state index contributed by atoms with van der Waals surface area (Å²) in [4.78, 5) is 32.6. The van der Waals surface area contributed by atoms with E-state index in [-0.39, 0.29) is 17.7 Å². The van der Waals surface area contributed by atoms with E-state index in [0.29, 0.717) is 43.8 Å². The van der Waals surface area contributed by atoms with Crippen molar-refractivity contribution in [3.63, 3.8) is 0 Å². The molecular weight excluding hydrogens is 613 g/mol. The number of amides is 1. The van der Waals surface area contributed by atoms with E-state index in [1.54, 1.807) is 6.20 Å². The molecule has 3 rings (SSSR count). The van der Waals surface area contributed by atoms with Gasteiger partial charge in [0.25, 0.3) is 0 Å².